The summed E-state index contributed by atoms with van der Waals surface area (Å²) in [4.78, 5) is 0. The van der Waals surface area contributed by atoms with Crippen LogP contribution in [0.15, 0.2) is 48.7 Å². The van der Waals surface area contributed by atoms with Crippen LogP contribution in [0.5, 0.6) is 5.75 Å². The molecule has 1 heterocycles. The van der Waals surface area contributed by atoms with Crippen LogP contribution in [0.2, 0.25) is 0 Å². The number of nitrogens with one attached hydrogen (secondary N) is 1. The van der Waals surface area contributed by atoms with Gasteiger partial charge in [0.2, 0.25) is 0 Å². The molecule has 3 rings (SSSR count). The standard InChI is InChI=1S/C19H19N3O/c1-3-17(15-5-4-6-16(21-2)19(15)23)22-10-9-14-11-13(12-20)7-8-18(14)22/h4-11,17,21,23H,3H2,1-2H3. The number of hydrogen-bond acceptors (Lipinski definition) is 3. The summed E-state index contributed by atoms with van der Waals surface area (Å²) in [5.74, 6) is 0.289. The highest BCUT2D eigenvalue weighted by Crippen LogP contribution is 2.36. The van der Waals surface area contributed by atoms with Crippen molar-refractivity contribution in [3.63, 3.8) is 0 Å². The third kappa shape index (κ3) is 2.51. The normalized spacial score (nSPS) is 12.0. The minimum atomic E-state index is 0.0359. The number of para-hydroxylation sites is 1. The van der Waals surface area contributed by atoms with Crippen LogP contribution < -0.4 is 5.32 Å². The van der Waals surface area contributed by atoms with Crippen molar-refractivity contribution in [3.05, 3.63) is 59.8 Å². The van der Waals surface area contributed by atoms with Crippen molar-refractivity contribution < 1.29 is 5.11 Å². The van der Waals surface area contributed by atoms with Gasteiger partial charge in [0.05, 0.1) is 23.4 Å². The van der Waals surface area contributed by atoms with Gasteiger partial charge in [-0.3, -0.25) is 0 Å². The van der Waals surface area contributed by atoms with Gasteiger partial charge in [-0.05, 0) is 36.8 Å². The van der Waals surface area contributed by atoms with E-state index in [1.807, 2.05) is 48.7 Å². The van der Waals surface area contributed by atoms with Crippen molar-refractivity contribution >= 4 is 16.6 Å². The minimum Gasteiger partial charge on any atom is -0.505 e. The van der Waals surface area contributed by atoms with Gasteiger partial charge in [-0.25, -0.2) is 0 Å². The van der Waals surface area contributed by atoms with Crippen molar-refractivity contribution in [2.75, 3.05) is 12.4 Å². The van der Waals surface area contributed by atoms with E-state index in [9.17, 15) is 5.11 Å². The first-order valence-electron chi connectivity index (χ1n) is 7.70. The summed E-state index contributed by atoms with van der Waals surface area (Å²) in [6, 6.07) is 15.7. The zero-order chi connectivity index (χ0) is 16.4. The van der Waals surface area contributed by atoms with Gasteiger partial charge in [-0.15, -0.1) is 0 Å². The lowest BCUT2D eigenvalue weighted by atomic mass is 10.0. The van der Waals surface area contributed by atoms with Gasteiger partial charge in [0.1, 0.15) is 5.75 Å². The number of aromatic nitrogens is 1. The molecule has 1 atom stereocenters. The van der Waals surface area contributed by atoms with Gasteiger partial charge in [0.25, 0.3) is 0 Å². The molecule has 1 unspecified atom stereocenters. The molecular formula is C19H19N3O. The van der Waals surface area contributed by atoms with Crippen LogP contribution in [0.4, 0.5) is 5.69 Å². The summed E-state index contributed by atoms with van der Waals surface area (Å²) in [6.07, 6.45) is 2.87. The maximum absolute atomic E-state index is 10.5. The van der Waals surface area contributed by atoms with Crippen molar-refractivity contribution in [2.24, 2.45) is 0 Å². The fourth-order valence-corrected chi connectivity index (χ4v) is 3.10. The first kappa shape index (κ1) is 15.0. The van der Waals surface area contributed by atoms with E-state index in [2.05, 4.69) is 22.9 Å². The summed E-state index contributed by atoms with van der Waals surface area (Å²) in [7, 11) is 1.80. The number of anilines is 1. The Hall–Kier alpha value is -2.93. The summed E-state index contributed by atoms with van der Waals surface area (Å²) in [5.41, 5.74) is 3.33. The maximum Gasteiger partial charge on any atom is 0.143 e. The van der Waals surface area contributed by atoms with Crippen molar-refractivity contribution in [1.82, 2.24) is 4.57 Å². The zero-order valence-corrected chi connectivity index (χ0v) is 13.2. The predicted octanol–water partition coefficient (Wildman–Crippen LogP) is 4.26. The van der Waals surface area contributed by atoms with E-state index in [1.165, 1.54) is 0 Å². The van der Waals surface area contributed by atoms with Gasteiger partial charge >= 0.3 is 0 Å². The molecule has 0 aliphatic rings. The average molecular weight is 305 g/mol. The summed E-state index contributed by atoms with van der Waals surface area (Å²) < 4.78 is 2.16. The molecule has 0 bridgehead atoms. The molecule has 4 heteroatoms. The van der Waals surface area contributed by atoms with E-state index in [0.29, 0.717) is 5.56 Å². The molecule has 23 heavy (non-hydrogen) atoms. The number of fused-ring (bicyclic) bond motifs is 1. The topological polar surface area (TPSA) is 61.0 Å². The summed E-state index contributed by atoms with van der Waals surface area (Å²) in [5, 5.41) is 23.6. The highest BCUT2D eigenvalue weighted by atomic mass is 16.3. The summed E-state index contributed by atoms with van der Waals surface area (Å²) >= 11 is 0. The Labute approximate surface area is 135 Å². The molecule has 0 spiro atoms. The van der Waals surface area contributed by atoms with E-state index in [1.54, 1.807) is 7.05 Å². The van der Waals surface area contributed by atoms with E-state index < -0.39 is 0 Å². The van der Waals surface area contributed by atoms with Crippen LogP contribution in [0.3, 0.4) is 0 Å². The summed E-state index contributed by atoms with van der Waals surface area (Å²) in [6.45, 7) is 2.10. The van der Waals surface area contributed by atoms with Crippen LogP contribution in [-0.2, 0) is 0 Å². The Balaban J connectivity index is 2.14. The second kappa shape index (κ2) is 6.05. The molecule has 0 saturated carbocycles. The monoisotopic (exact) mass is 305 g/mol. The lowest BCUT2D eigenvalue weighted by Crippen LogP contribution is -2.09. The van der Waals surface area contributed by atoms with Gasteiger partial charge in [-0.2, -0.15) is 5.26 Å². The molecule has 4 nitrogen and oxygen atoms in total. The second-order valence-electron chi connectivity index (χ2n) is 5.53. The van der Waals surface area contributed by atoms with E-state index >= 15 is 0 Å². The Morgan fingerprint density at radius 1 is 1.26 bits per heavy atom. The third-order valence-corrected chi connectivity index (χ3v) is 4.27. The molecule has 0 fully saturated rings. The van der Waals surface area contributed by atoms with Gasteiger partial charge in [-0.1, -0.05) is 19.1 Å². The van der Waals surface area contributed by atoms with Gasteiger partial charge < -0.3 is 15.0 Å². The minimum absolute atomic E-state index is 0.0359. The number of phenols is 1. The molecule has 0 radical (unpaired) electrons. The Morgan fingerprint density at radius 2 is 2.09 bits per heavy atom. The Morgan fingerprint density at radius 3 is 2.78 bits per heavy atom. The second-order valence-corrected chi connectivity index (χ2v) is 5.53. The van der Waals surface area contributed by atoms with Crippen LogP contribution in [0.25, 0.3) is 10.9 Å². The fourth-order valence-electron chi connectivity index (χ4n) is 3.10. The van der Waals surface area contributed by atoms with E-state index in [0.717, 1.165) is 28.6 Å². The molecule has 2 N–H and O–H groups in total. The highest BCUT2D eigenvalue weighted by Gasteiger charge is 2.18. The Bertz CT molecular complexity index is 889. The van der Waals surface area contributed by atoms with Crippen molar-refractivity contribution in [1.29, 1.82) is 5.26 Å². The average Bonchev–Trinajstić information content (AvgIpc) is 3.00. The molecule has 0 amide bonds. The number of rotatable bonds is 4. The van der Waals surface area contributed by atoms with Crippen LogP contribution in [0, 0.1) is 11.3 Å². The lowest BCUT2D eigenvalue weighted by molar-refractivity contribution is 0.453. The largest absolute Gasteiger partial charge is 0.505 e. The van der Waals surface area contributed by atoms with E-state index in [4.69, 9.17) is 5.26 Å². The molecule has 0 aliphatic heterocycles. The number of hydrogen-bond donors (Lipinski definition) is 2. The predicted molar refractivity (Wildman–Crippen MR) is 92.7 cm³/mol. The Kier molecular flexibility index (Phi) is 3.94. The first-order valence-corrected chi connectivity index (χ1v) is 7.70. The third-order valence-electron chi connectivity index (χ3n) is 4.27. The zero-order valence-electron chi connectivity index (χ0n) is 13.2. The molecular weight excluding hydrogens is 286 g/mol. The molecule has 0 aliphatic carbocycles. The van der Waals surface area contributed by atoms with Crippen LogP contribution in [-0.4, -0.2) is 16.7 Å². The lowest BCUT2D eigenvalue weighted by Gasteiger charge is -2.21. The first-order chi connectivity index (χ1) is 11.2. The van der Waals surface area contributed by atoms with Crippen molar-refractivity contribution in [3.8, 4) is 11.8 Å². The molecule has 0 saturated heterocycles. The quantitative estimate of drug-likeness (QED) is 0.708. The maximum atomic E-state index is 10.5. The number of benzene rings is 2. The van der Waals surface area contributed by atoms with Crippen LogP contribution >= 0.6 is 0 Å². The fraction of sp³-hybridized carbons (Fsp3) is 0.211. The molecule has 116 valence electrons. The molecule has 2 aromatic carbocycles. The van der Waals surface area contributed by atoms with E-state index in [-0.39, 0.29) is 11.8 Å². The number of aromatic hydroxyl groups is 1. The van der Waals surface area contributed by atoms with Gasteiger partial charge in [0.15, 0.2) is 0 Å². The smallest absolute Gasteiger partial charge is 0.143 e. The number of nitrogens with zero attached hydrogens (tertiary/aromatic N) is 2. The number of nitriles is 1. The number of phenolic OH excluding ortho intramolecular Hbond substituents is 1. The molecule has 3 aromatic rings. The SMILES string of the molecule is CCC(c1cccc(NC)c1O)n1ccc2cc(C#N)ccc21. The van der Waals surface area contributed by atoms with Crippen molar-refractivity contribution in [2.45, 2.75) is 19.4 Å². The highest BCUT2D eigenvalue weighted by molar-refractivity contribution is 5.82. The van der Waals surface area contributed by atoms with Crippen LogP contribution in [0.1, 0.15) is 30.5 Å². The van der Waals surface area contributed by atoms with Gasteiger partial charge in [0, 0.05) is 29.7 Å². The molecule has 1 aromatic heterocycles.